The molecule has 0 fully saturated rings. The van der Waals surface area contributed by atoms with Gasteiger partial charge < -0.3 is 9.47 Å². The topological polar surface area (TPSA) is 59.9 Å². The summed E-state index contributed by atoms with van der Waals surface area (Å²) in [5.74, 6) is -0.233. The van der Waals surface area contributed by atoms with Gasteiger partial charge in [0.15, 0.2) is 11.5 Å². The van der Waals surface area contributed by atoms with Crippen LogP contribution in [0.4, 0.5) is 8.78 Å². The van der Waals surface area contributed by atoms with Crippen molar-refractivity contribution >= 4 is 12.1 Å². The molecule has 0 aromatic heterocycles. The number of nitrogens with one attached hydrogen (secondary N) is 1. The van der Waals surface area contributed by atoms with Crippen molar-refractivity contribution in [3.63, 3.8) is 0 Å². The molecule has 0 spiro atoms. The molecule has 0 aliphatic rings. The molecule has 0 unspecified atom stereocenters. The first-order valence-corrected chi connectivity index (χ1v) is 7.20. The molecule has 0 saturated carbocycles. The van der Waals surface area contributed by atoms with Gasteiger partial charge >= 0.3 is 6.61 Å². The van der Waals surface area contributed by atoms with Crippen molar-refractivity contribution in [2.75, 3.05) is 6.61 Å². The third-order valence-electron chi connectivity index (χ3n) is 2.90. The van der Waals surface area contributed by atoms with Crippen LogP contribution in [0.15, 0.2) is 53.6 Å². The molecular weight excluding hydrogens is 318 g/mol. The van der Waals surface area contributed by atoms with Gasteiger partial charge in [0.05, 0.1) is 12.8 Å². The maximum atomic E-state index is 12.3. The predicted molar refractivity (Wildman–Crippen MR) is 85.7 cm³/mol. The van der Waals surface area contributed by atoms with Gasteiger partial charge in [-0.3, -0.25) is 4.79 Å². The highest BCUT2D eigenvalue weighted by Crippen LogP contribution is 2.29. The Balaban J connectivity index is 2.06. The van der Waals surface area contributed by atoms with E-state index in [9.17, 15) is 13.6 Å². The van der Waals surface area contributed by atoms with Crippen LogP contribution in [0.1, 0.15) is 22.8 Å². The number of ether oxygens (including phenoxy) is 2. The Morgan fingerprint density at radius 2 is 1.96 bits per heavy atom. The minimum Gasteiger partial charge on any atom is -0.490 e. The summed E-state index contributed by atoms with van der Waals surface area (Å²) in [7, 11) is 0. The molecule has 126 valence electrons. The van der Waals surface area contributed by atoms with E-state index in [1.165, 1.54) is 24.4 Å². The summed E-state index contributed by atoms with van der Waals surface area (Å²) >= 11 is 0. The third kappa shape index (κ3) is 5.05. The molecule has 2 aromatic carbocycles. The number of hydrogen-bond acceptors (Lipinski definition) is 4. The molecule has 1 amide bonds. The summed E-state index contributed by atoms with van der Waals surface area (Å²) in [6, 6.07) is 13.0. The van der Waals surface area contributed by atoms with Crippen LogP contribution in [-0.2, 0) is 0 Å². The number of hydrogen-bond donors (Lipinski definition) is 1. The van der Waals surface area contributed by atoms with E-state index in [1.54, 1.807) is 37.3 Å². The van der Waals surface area contributed by atoms with Crippen LogP contribution in [0.5, 0.6) is 11.5 Å². The van der Waals surface area contributed by atoms with Crippen molar-refractivity contribution in [2.24, 2.45) is 5.10 Å². The van der Waals surface area contributed by atoms with Gasteiger partial charge in [-0.1, -0.05) is 18.2 Å². The molecule has 0 heterocycles. The minimum atomic E-state index is -2.94. The average Bonchev–Trinajstić information content (AvgIpc) is 2.57. The molecule has 1 N–H and O–H groups in total. The highest BCUT2D eigenvalue weighted by molar-refractivity contribution is 5.94. The molecule has 0 aliphatic carbocycles. The van der Waals surface area contributed by atoms with Crippen molar-refractivity contribution in [3.05, 3.63) is 59.7 Å². The first-order chi connectivity index (χ1) is 11.6. The number of benzene rings is 2. The van der Waals surface area contributed by atoms with Crippen LogP contribution in [0.25, 0.3) is 0 Å². The van der Waals surface area contributed by atoms with Gasteiger partial charge in [0, 0.05) is 5.56 Å². The molecule has 5 nitrogen and oxygen atoms in total. The molecule has 0 atom stereocenters. The summed E-state index contributed by atoms with van der Waals surface area (Å²) in [6.45, 7) is -0.910. The number of alkyl halides is 2. The van der Waals surface area contributed by atoms with Crippen molar-refractivity contribution in [3.8, 4) is 11.5 Å². The lowest BCUT2D eigenvalue weighted by Gasteiger charge is -2.11. The lowest BCUT2D eigenvalue weighted by molar-refractivity contribution is -0.0514. The minimum absolute atomic E-state index is 0.0580. The van der Waals surface area contributed by atoms with E-state index in [4.69, 9.17) is 4.74 Å². The van der Waals surface area contributed by atoms with Gasteiger partial charge in [0.1, 0.15) is 0 Å². The summed E-state index contributed by atoms with van der Waals surface area (Å²) in [4.78, 5) is 11.8. The van der Waals surface area contributed by atoms with Crippen LogP contribution >= 0.6 is 0 Å². The van der Waals surface area contributed by atoms with E-state index in [2.05, 4.69) is 15.3 Å². The number of nitrogens with zero attached hydrogens (tertiary/aromatic N) is 1. The molecule has 0 radical (unpaired) electrons. The average molecular weight is 334 g/mol. The monoisotopic (exact) mass is 334 g/mol. The van der Waals surface area contributed by atoms with Gasteiger partial charge in [0.2, 0.25) is 0 Å². The van der Waals surface area contributed by atoms with Crippen LogP contribution in [0.3, 0.4) is 0 Å². The Labute approximate surface area is 137 Å². The second-order valence-corrected chi connectivity index (χ2v) is 4.58. The first kappa shape index (κ1) is 17.4. The molecular formula is C17H16F2N2O3. The Morgan fingerprint density at radius 1 is 1.21 bits per heavy atom. The lowest BCUT2D eigenvalue weighted by Crippen LogP contribution is -2.17. The Morgan fingerprint density at radius 3 is 2.62 bits per heavy atom. The zero-order chi connectivity index (χ0) is 17.4. The normalized spacial score (nSPS) is 10.8. The third-order valence-corrected chi connectivity index (χ3v) is 2.90. The van der Waals surface area contributed by atoms with Crippen LogP contribution in [-0.4, -0.2) is 25.3 Å². The summed E-state index contributed by atoms with van der Waals surface area (Å²) < 4.78 is 34.3. The van der Waals surface area contributed by atoms with Crippen molar-refractivity contribution in [1.29, 1.82) is 0 Å². The van der Waals surface area contributed by atoms with Gasteiger partial charge in [0.25, 0.3) is 5.91 Å². The fourth-order valence-electron chi connectivity index (χ4n) is 1.89. The van der Waals surface area contributed by atoms with E-state index in [0.717, 1.165) is 0 Å². The Bertz CT molecular complexity index is 706. The summed E-state index contributed by atoms with van der Waals surface area (Å²) in [5, 5.41) is 3.84. The van der Waals surface area contributed by atoms with E-state index >= 15 is 0 Å². The standard InChI is InChI=1S/C17H16F2N2O3/c1-2-23-15-10-12(8-9-14(15)24-17(18)19)11-20-21-16(22)13-6-4-3-5-7-13/h3-11,17H,2H2,1H3,(H,21,22)/b20-11-. The quantitative estimate of drug-likeness (QED) is 0.623. The summed E-state index contributed by atoms with van der Waals surface area (Å²) in [6.07, 6.45) is 1.38. The zero-order valence-electron chi connectivity index (χ0n) is 12.9. The largest absolute Gasteiger partial charge is 0.490 e. The highest BCUT2D eigenvalue weighted by Gasteiger charge is 2.11. The smallest absolute Gasteiger partial charge is 0.387 e. The molecule has 7 heteroatoms. The highest BCUT2D eigenvalue weighted by atomic mass is 19.3. The molecule has 2 rings (SSSR count). The van der Waals surface area contributed by atoms with Gasteiger partial charge in [-0.05, 0) is 42.8 Å². The summed E-state index contributed by atoms with van der Waals surface area (Å²) in [5.41, 5.74) is 3.42. The molecule has 0 saturated heterocycles. The molecule has 0 bridgehead atoms. The lowest BCUT2D eigenvalue weighted by atomic mass is 10.2. The maximum absolute atomic E-state index is 12.3. The molecule has 0 aliphatic heterocycles. The van der Waals surface area contributed by atoms with Gasteiger partial charge in [-0.2, -0.15) is 13.9 Å². The van der Waals surface area contributed by atoms with E-state index in [1.807, 2.05) is 0 Å². The SMILES string of the molecule is CCOc1cc(/C=N\NC(=O)c2ccccc2)ccc1OC(F)F. The van der Waals surface area contributed by atoms with Crippen molar-refractivity contribution < 1.29 is 23.0 Å². The van der Waals surface area contributed by atoms with E-state index < -0.39 is 6.61 Å². The Hall–Kier alpha value is -2.96. The fraction of sp³-hybridized carbons (Fsp3) is 0.176. The maximum Gasteiger partial charge on any atom is 0.387 e. The van der Waals surface area contributed by atoms with Crippen LogP contribution in [0.2, 0.25) is 0 Å². The van der Waals surface area contributed by atoms with Crippen molar-refractivity contribution in [1.82, 2.24) is 5.43 Å². The van der Waals surface area contributed by atoms with Crippen molar-refractivity contribution in [2.45, 2.75) is 13.5 Å². The Kier molecular flexibility index (Phi) is 6.24. The molecule has 24 heavy (non-hydrogen) atoms. The van der Waals surface area contributed by atoms with Gasteiger partial charge in [-0.25, -0.2) is 5.43 Å². The van der Waals surface area contributed by atoms with Gasteiger partial charge in [-0.15, -0.1) is 0 Å². The number of rotatable bonds is 7. The first-order valence-electron chi connectivity index (χ1n) is 7.20. The second-order valence-electron chi connectivity index (χ2n) is 4.58. The van der Waals surface area contributed by atoms with E-state index in [0.29, 0.717) is 17.7 Å². The van der Waals surface area contributed by atoms with E-state index in [-0.39, 0.29) is 17.4 Å². The second kappa shape index (κ2) is 8.61. The molecule has 2 aromatic rings. The zero-order valence-corrected chi connectivity index (χ0v) is 12.9. The van der Waals surface area contributed by atoms with Crippen LogP contribution < -0.4 is 14.9 Å². The number of hydrazone groups is 1. The number of carbonyl (C=O) groups is 1. The van der Waals surface area contributed by atoms with Crippen LogP contribution in [0, 0.1) is 0 Å². The fourth-order valence-corrected chi connectivity index (χ4v) is 1.89. The number of halogens is 2. The number of carbonyl (C=O) groups excluding carboxylic acids is 1. The predicted octanol–water partition coefficient (Wildman–Crippen LogP) is 3.45. The number of amides is 1.